The van der Waals surface area contributed by atoms with Crippen molar-refractivity contribution >= 4 is 24.0 Å². The fourth-order valence-corrected chi connectivity index (χ4v) is 7.45. The number of esters is 1. The van der Waals surface area contributed by atoms with Gasteiger partial charge in [-0.05, 0) is 96.4 Å². The highest BCUT2D eigenvalue weighted by molar-refractivity contribution is 5.89. The third-order valence-corrected chi connectivity index (χ3v) is 10.5. The van der Waals surface area contributed by atoms with Gasteiger partial charge in [-0.15, -0.1) is 0 Å². The Morgan fingerprint density at radius 2 is 1.74 bits per heavy atom. The molecule has 286 valence electrons. The van der Waals surface area contributed by atoms with Crippen LogP contribution in [0.4, 0.5) is 21.1 Å². The van der Waals surface area contributed by atoms with E-state index in [9.17, 15) is 9.59 Å². The van der Waals surface area contributed by atoms with Crippen LogP contribution in [0.1, 0.15) is 93.0 Å². The van der Waals surface area contributed by atoms with Crippen LogP contribution in [0.3, 0.4) is 0 Å². The first-order chi connectivity index (χ1) is 25.9. The molecule has 54 heavy (non-hydrogen) atoms. The van der Waals surface area contributed by atoms with Crippen molar-refractivity contribution in [2.24, 2.45) is 5.92 Å². The highest BCUT2D eigenvalue weighted by atomic mass is 19.1. The summed E-state index contributed by atoms with van der Waals surface area (Å²) in [5.74, 6) is 0.657. The van der Waals surface area contributed by atoms with E-state index in [1.807, 2.05) is 36.1 Å². The van der Waals surface area contributed by atoms with Crippen LogP contribution in [0.15, 0.2) is 65.4 Å². The number of hydrogen-bond donors (Lipinski definition) is 1. The van der Waals surface area contributed by atoms with Gasteiger partial charge < -0.3 is 33.9 Å². The van der Waals surface area contributed by atoms with Crippen LogP contribution in [0.5, 0.6) is 5.75 Å². The molecule has 2 saturated heterocycles. The minimum absolute atomic E-state index is 0.0987. The number of ether oxygens (including phenoxy) is 3. The molecule has 0 bridgehead atoms. The molecule has 3 fully saturated rings. The number of anilines is 2. The smallest absolute Gasteiger partial charge is 0.407 e. The molecule has 4 aromatic rings. The Balaban J connectivity index is 0.937. The zero-order valence-corrected chi connectivity index (χ0v) is 31.5. The Morgan fingerprint density at radius 3 is 2.41 bits per heavy atom. The van der Waals surface area contributed by atoms with Gasteiger partial charge in [0.25, 0.3) is 0 Å². The molecule has 1 aliphatic carbocycles. The Hall–Kier alpha value is -5.27. The number of nitrogens with zero attached hydrogens (tertiary/aromatic N) is 6. The number of carbonyl (C=O) groups is 2. The second kappa shape index (κ2) is 15.2. The monoisotopic (exact) mass is 741 g/mol. The van der Waals surface area contributed by atoms with E-state index < -0.39 is 29.3 Å². The molecule has 3 aliphatic rings. The predicted octanol–water partition coefficient (Wildman–Crippen LogP) is 6.72. The fourth-order valence-electron chi connectivity index (χ4n) is 7.45. The average Bonchev–Trinajstić information content (AvgIpc) is 3.79. The van der Waals surface area contributed by atoms with Gasteiger partial charge in [0.1, 0.15) is 11.4 Å². The molecule has 1 N–H and O–H groups in total. The van der Waals surface area contributed by atoms with Gasteiger partial charge in [-0.1, -0.05) is 41.1 Å². The lowest BCUT2D eigenvalue weighted by Crippen LogP contribution is -2.43. The molecule has 3 unspecified atom stereocenters. The first kappa shape index (κ1) is 37.1. The molecule has 0 spiro atoms. The molecule has 2 aromatic carbocycles. The highest BCUT2D eigenvalue weighted by Crippen LogP contribution is 2.44. The van der Waals surface area contributed by atoms with Crippen molar-refractivity contribution in [3.63, 3.8) is 0 Å². The van der Waals surface area contributed by atoms with Crippen molar-refractivity contribution in [3.05, 3.63) is 89.3 Å². The minimum atomic E-state index is -0.860. The van der Waals surface area contributed by atoms with Crippen molar-refractivity contribution in [1.29, 1.82) is 0 Å². The average molecular weight is 742 g/mol. The standard InChI is InChI=1S/C40H48FN7O6/c1-25-12-13-32(41)30(20-25)31-23-48(24-33(31)44-38(50)53-39(3,4)5)36-42-21-29(22-43-36)51-26(2)27-14-18-47(19-15-27)37-45-35(46-54-37)40(16-9-17-40)52-34(49)28-10-7-6-8-11-28/h6-8,10-13,20-22,26-27,31,33H,9,14-19,23-24H2,1-5H3,(H,44,50). The Kier molecular flexibility index (Phi) is 10.5. The first-order valence-electron chi connectivity index (χ1n) is 18.7. The summed E-state index contributed by atoms with van der Waals surface area (Å²) in [6.07, 6.45) is 6.60. The molecule has 7 rings (SSSR count). The molecule has 3 atom stereocenters. The van der Waals surface area contributed by atoms with E-state index in [-0.39, 0.29) is 23.8 Å². The number of aromatic nitrogens is 4. The lowest BCUT2D eigenvalue weighted by molar-refractivity contribution is -0.0737. The number of carbonyl (C=O) groups excluding carboxylic acids is 2. The van der Waals surface area contributed by atoms with E-state index in [2.05, 4.69) is 37.2 Å². The van der Waals surface area contributed by atoms with Crippen LogP contribution < -0.4 is 19.9 Å². The number of nitrogens with one attached hydrogen (secondary N) is 1. The zero-order valence-electron chi connectivity index (χ0n) is 31.5. The number of alkyl carbamates (subject to hydrolysis) is 1. The zero-order chi connectivity index (χ0) is 38.0. The van der Waals surface area contributed by atoms with Crippen molar-refractivity contribution in [3.8, 4) is 5.75 Å². The third-order valence-electron chi connectivity index (χ3n) is 10.5. The summed E-state index contributed by atoms with van der Waals surface area (Å²) in [7, 11) is 0. The molecular weight excluding hydrogens is 693 g/mol. The molecule has 14 heteroatoms. The summed E-state index contributed by atoms with van der Waals surface area (Å²) in [5.41, 5.74) is 0.431. The largest absolute Gasteiger partial charge is 0.487 e. The highest BCUT2D eigenvalue weighted by Gasteiger charge is 2.47. The number of rotatable bonds is 10. The molecular formula is C40H48FN7O6. The van der Waals surface area contributed by atoms with Crippen molar-refractivity contribution < 1.29 is 32.7 Å². The van der Waals surface area contributed by atoms with Gasteiger partial charge in [0.15, 0.2) is 11.4 Å². The predicted molar refractivity (Wildman–Crippen MR) is 198 cm³/mol. The SMILES string of the molecule is Cc1ccc(F)c(C2CN(c3ncc(OC(C)C4CCN(c5nc(C6(OC(=O)c7ccccc7)CCC6)no5)CC4)cn3)CC2NC(=O)OC(C)(C)C)c1. The van der Waals surface area contributed by atoms with Crippen LogP contribution in [0.25, 0.3) is 0 Å². The van der Waals surface area contributed by atoms with Gasteiger partial charge in [-0.3, -0.25) is 0 Å². The van der Waals surface area contributed by atoms with E-state index in [0.29, 0.717) is 73.7 Å². The summed E-state index contributed by atoms with van der Waals surface area (Å²) in [6.45, 7) is 11.6. The Morgan fingerprint density at radius 1 is 1.02 bits per heavy atom. The number of piperidine rings is 1. The van der Waals surface area contributed by atoms with E-state index in [1.54, 1.807) is 51.4 Å². The van der Waals surface area contributed by atoms with Gasteiger partial charge in [0, 0.05) is 32.1 Å². The van der Waals surface area contributed by atoms with Gasteiger partial charge in [0.05, 0.1) is 30.1 Å². The number of amides is 1. The van der Waals surface area contributed by atoms with Gasteiger partial charge in [0.2, 0.25) is 11.8 Å². The number of benzene rings is 2. The normalized spacial score (nSPS) is 20.6. The topological polar surface area (TPSA) is 145 Å². The van der Waals surface area contributed by atoms with Gasteiger partial charge in [-0.2, -0.15) is 4.98 Å². The molecule has 4 heterocycles. The molecule has 0 radical (unpaired) electrons. The van der Waals surface area contributed by atoms with Gasteiger partial charge in [-0.25, -0.2) is 23.9 Å². The summed E-state index contributed by atoms with van der Waals surface area (Å²) in [6, 6.07) is 14.0. The van der Waals surface area contributed by atoms with Crippen LogP contribution in [0.2, 0.25) is 0 Å². The minimum Gasteiger partial charge on any atom is -0.487 e. The van der Waals surface area contributed by atoms with Gasteiger partial charge >= 0.3 is 18.1 Å². The van der Waals surface area contributed by atoms with E-state index in [4.69, 9.17) is 18.7 Å². The van der Waals surface area contributed by atoms with Crippen LogP contribution in [0, 0.1) is 18.7 Å². The van der Waals surface area contributed by atoms with Crippen LogP contribution in [-0.2, 0) is 15.1 Å². The van der Waals surface area contributed by atoms with Crippen LogP contribution in [-0.4, -0.2) is 76.1 Å². The molecule has 2 aromatic heterocycles. The third kappa shape index (κ3) is 8.27. The van der Waals surface area contributed by atoms with Crippen LogP contribution >= 0.6 is 0 Å². The van der Waals surface area contributed by atoms with Crippen molar-refractivity contribution in [1.82, 2.24) is 25.4 Å². The van der Waals surface area contributed by atoms with Crippen molar-refractivity contribution in [2.45, 2.75) is 96.0 Å². The number of hydrogen-bond acceptors (Lipinski definition) is 12. The maximum absolute atomic E-state index is 15.1. The second-order valence-electron chi connectivity index (χ2n) is 15.7. The lowest BCUT2D eigenvalue weighted by atomic mass is 9.79. The Labute approximate surface area is 314 Å². The lowest BCUT2D eigenvalue weighted by Gasteiger charge is -2.38. The molecule has 13 nitrogen and oxygen atoms in total. The molecule has 1 amide bonds. The molecule has 1 saturated carbocycles. The quantitative estimate of drug-likeness (QED) is 0.172. The Bertz CT molecular complexity index is 1920. The van der Waals surface area contributed by atoms with Crippen molar-refractivity contribution in [2.75, 3.05) is 36.0 Å². The summed E-state index contributed by atoms with van der Waals surface area (Å²) >= 11 is 0. The van der Waals surface area contributed by atoms with E-state index >= 15 is 4.39 Å². The summed E-state index contributed by atoms with van der Waals surface area (Å²) < 4.78 is 38.5. The van der Waals surface area contributed by atoms with E-state index in [0.717, 1.165) is 24.8 Å². The molecule has 2 aliphatic heterocycles. The number of halogens is 1. The number of aryl methyl sites for hydroxylation is 1. The maximum Gasteiger partial charge on any atom is 0.407 e. The maximum atomic E-state index is 15.1. The first-order valence-corrected chi connectivity index (χ1v) is 18.7. The summed E-state index contributed by atoms with van der Waals surface area (Å²) in [4.78, 5) is 43.5. The van der Waals surface area contributed by atoms with E-state index in [1.165, 1.54) is 6.07 Å². The second-order valence-corrected chi connectivity index (χ2v) is 15.7. The summed E-state index contributed by atoms with van der Waals surface area (Å²) in [5, 5.41) is 7.20. The fraction of sp³-hybridized carbons (Fsp3) is 0.500.